The number of pyridine rings is 1. The lowest BCUT2D eigenvalue weighted by molar-refractivity contribution is -0.134. The van der Waals surface area contributed by atoms with Crippen molar-refractivity contribution in [1.29, 1.82) is 0 Å². The fraction of sp³-hybridized carbons (Fsp3) is 0.386. The first kappa shape index (κ1) is 49.0. The monoisotopic (exact) mass is 1020 g/mol. The zero-order chi connectivity index (χ0) is 51.0. The first-order valence-corrected chi connectivity index (χ1v) is 26.8. The van der Waals surface area contributed by atoms with Crippen LogP contribution in [0.3, 0.4) is 0 Å². The zero-order valence-electron chi connectivity index (χ0n) is 41.7. The van der Waals surface area contributed by atoms with Crippen LogP contribution < -0.4 is 25.2 Å². The van der Waals surface area contributed by atoms with Gasteiger partial charge < -0.3 is 19.6 Å². The van der Waals surface area contributed by atoms with E-state index in [0.717, 1.165) is 115 Å². The number of fused-ring (bicyclic) bond motifs is 3. The van der Waals surface area contributed by atoms with Gasteiger partial charge in [0.1, 0.15) is 17.4 Å². The Morgan fingerprint density at radius 2 is 1.68 bits per heavy atom. The number of hydrogen-bond donors (Lipinski definition) is 3. The molecule has 1 saturated carbocycles. The van der Waals surface area contributed by atoms with Crippen LogP contribution in [0.5, 0.6) is 5.75 Å². The first-order chi connectivity index (χ1) is 35.9. The summed E-state index contributed by atoms with van der Waals surface area (Å²) in [6.45, 7) is 7.21. The van der Waals surface area contributed by atoms with Gasteiger partial charge in [-0.3, -0.25) is 34.6 Å². The van der Waals surface area contributed by atoms with E-state index in [0.29, 0.717) is 70.7 Å². The molecule has 3 aliphatic heterocycles. The van der Waals surface area contributed by atoms with Crippen molar-refractivity contribution in [3.63, 3.8) is 0 Å². The van der Waals surface area contributed by atoms with E-state index in [4.69, 9.17) is 9.72 Å². The second-order valence-corrected chi connectivity index (χ2v) is 21.3. The summed E-state index contributed by atoms with van der Waals surface area (Å²) >= 11 is 1.43. The van der Waals surface area contributed by atoms with E-state index in [2.05, 4.69) is 30.5 Å². The summed E-state index contributed by atoms with van der Waals surface area (Å²) in [5.74, 6) is -0.958. The second-order valence-electron chi connectivity index (χ2n) is 20.3. The standard InChI is InChI=1S/C57H60FN9O6S/c1-34-38(39-20-22-50(60-53(39)56(71)72)67-26-24-36-10-7-12-40(43(36)33-67)54(69)62-57-59-45-13-3-4-15-49(45)74-57)11-8-14-48(34)73-37-18-16-35(17-19-37)9-5-6-25-65-27-29-66(30-28-65)47-32-46-42(31-44(47)58)52(63-64(46)2)41-21-23-51(68)61-55(41)70/h3-4,7-8,10-15,20,22,31-32,35,37,41H,5-6,9,16-19,21,23-30,33H2,1-2H3,(H,71,72)(H,59,62,69)(H,61,68,70)/t35-,37-,41?. The highest BCUT2D eigenvalue weighted by molar-refractivity contribution is 7.22. The molecule has 1 atom stereocenters. The number of nitrogens with one attached hydrogen (secondary N) is 2. The number of anilines is 3. The zero-order valence-corrected chi connectivity index (χ0v) is 42.6. The lowest BCUT2D eigenvalue weighted by Gasteiger charge is -2.36. The number of thiazole rings is 1. The lowest BCUT2D eigenvalue weighted by atomic mass is 9.84. The van der Waals surface area contributed by atoms with Gasteiger partial charge >= 0.3 is 5.97 Å². The smallest absolute Gasteiger partial charge is 0.355 e. The van der Waals surface area contributed by atoms with E-state index in [-0.39, 0.29) is 41.8 Å². The highest BCUT2D eigenvalue weighted by Crippen LogP contribution is 2.38. The highest BCUT2D eigenvalue weighted by atomic mass is 32.1. The predicted molar refractivity (Wildman–Crippen MR) is 285 cm³/mol. The molecule has 4 aliphatic rings. The minimum absolute atomic E-state index is 0.0304. The van der Waals surface area contributed by atoms with Gasteiger partial charge in [0.05, 0.1) is 39.1 Å². The third kappa shape index (κ3) is 10.1. The Hall–Kier alpha value is -7.24. The molecule has 1 aliphatic carbocycles. The van der Waals surface area contributed by atoms with Crippen LogP contribution >= 0.6 is 11.3 Å². The van der Waals surface area contributed by atoms with Crippen LogP contribution in [0.1, 0.15) is 107 Å². The molecule has 0 spiro atoms. The van der Waals surface area contributed by atoms with Gasteiger partial charge in [0, 0.05) is 69.3 Å². The predicted octanol–water partition coefficient (Wildman–Crippen LogP) is 9.66. The largest absolute Gasteiger partial charge is 0.490 e. The van der Waals surface area contributed by atoms with Crippen molar-refractivity contribution in [3.8, 4) is 16.9 Å². The fourth-order valence-corrected chi connectivity index (χ4v) is 12.4. The number of halogens is 1. The molecule has 7 aromatic rings. The summed E-state index contributed by atoms with van der Waals surface area (Å²) in [4.78, 5) is 66.8. The van der Waals surface area contributed by atoms with E-state index in [9.17, 15) is 24.3 Å². The highest BCUT2D eigenvalue weighted by Gasteiger charge is 2.33. The van der Waals surface area contributed by atoms with Gasteiger partial charge in [-0.1, -0.05) is 60.6 Å². The van der Waals surface area contributed by atoms with Crippen LogP contribution in [0.25, 0.3) is 32.2 Å². The van der Waals surface area contributed by atoms with Gasteiger partial charge in [-0.25, -0.2) is 19.2 Å². The molecule has 6 heterocycles. The van der Waals surface area contributed by atoms with Gasteiger partial charge in [0.25, 0.3) is 5.91 Å². The lowest BCUT2D eigenvalue weighted by Crippen LogP contribution is -2.46. The van der Waals surface area contributed by atoms with Crippen molar-refractivity contribution in [2.24, 2.45) is 13.0 Å². The Labute approximate surface area is 432 Å². The number of rotatable bonds is 14. The van der Waals surface area contributed by atoms with Crippen LogP contribution in [-0.2, 0) is 29.6 Å². The molecule has 3 N–H and O–H groups in total. The third-order valence-corrected chi connectivity index (χ3v) is 16.6. The second kappa shape index (κ2) is 20.9. The van der Waals surface area contributed by atoms with Crippen LogP contribution in [-0.4, -0.2) is 98.8 Å². The number of imide groups is 1. The number of nitrogens with zero attached hydrogens (tertiary/aromatic N) is 7. The number of hydrogen-bond acceptors (Lipinski definition) is 12. The average Bonchev–Trinajstić information content (AvgIpc) is 3.97. The van der Waals surface area contributed by atoms with Crippen molar-refractivity contribution in [3.05, 3.63) is 124 Å². The van der Waals surface area contributed by atoms with Crippen LogP contribution in [0.15, 0.2) is 84.9 Å². The van der Waals surface area contributed by atoms with Gasteiger partial charge in [0.15, 0.2) is 10.8 Å². The number of ether oxygens (including phenoxy) is 1. The van der Waals surface area contributed by atoms with Crippen LogP contribution in [0, 0.1) is 18.7 Å². The summed E-state index contributed by atoms with van der Waals surface area (Å²) in [5, 5.41) is 21.7. The minimum atomic E-state index is -1.11. The molecule has 2 saturated heterocycles. The van der Waals surface area contributed by atoms with E-state index < -0.39 is 11.9 Å². The molecule has 3 fully saturated rings. The van der Waals surface area contributed by atoms with Crippen LogP contribution in [0.4, 0.5) is 21.0 Å². The van der Waals surface area contributed by atoms with Gasteiger partial charge in [0.2, 0.25) is 11.8 Å². The Morgan fingerprint density at radius 1 is 0.865 bits per heavy atom. The molecule has 382 valence electrons. The summed E-state index contributed by atoms with van der Waals surface area (Å²) in [7, 11) is 1.81. The molecule has 3 aromatic heterocycles. The summed E-state index contributed by atoms with van der Waals surface area (Å²) in [6, 6.07) is 26.4. The number of unbranched alkanes of at least 4 members (excludes halogenated alkanes) is 1. The summed E-state index contributed by atoms with van der Waals surface area (Å²) < 4.78 is 25.1. The van der Waals surface area contributed by atoms with E-state index in [1.807, 2.05) is 90.7 Å². The summed E-state index contributed by atoms with van der Waals surface area (Å²) in [6.07, 6.45) is 8.99. The maximum atomic E-state index is 15.7. The number of benzene rings is 4. The van der Waals surface area contributed by atoms with Crippen LogP contribution in [0.2, 0.25) is 0 Å². The molecule has 74 heavy (non-hydrogen) atoms. The number of para-hydroxylation sites is 1. The number of carbonyl (C=O) groups excluding carboxylic acids is 3. The topological polar surface area (TPSA) is 175 Å². The Morgan fingerprint density at radius 3 is 2.47 bits per heavy atom. The number of piperazine rings is 1. The van der Waals surface area contributed by atoms with Crippen molar-refractivity contribution >= 4 is 72.8 Å². The van der Waals surface area contributed by atoms with Crippen molar-refractivity contribution in [2.75, 3.05) is 54.4 Å². The normalized spacial score (nSPS) is 19.4. The quantitative estimate of drug-likeness (QED) is 0.0696. The summed E-state index contributed by atoms with van der Waals surface area (Å²) in [5.41, 5.74) is 7.35. The van der Waals surface area contributed by atoms with Crippen molar-refractivity contribution in [2.45, 2.75) is 89.7 Å². The number of aromatic nitrogens is 4. The number of aryl methyl sites for hydroxylation is 1. The molecule has 15 nitrogen and oxygen atoms in total. The number of carbonyl (C=O) groups is 4. The average molecular weight is 1020 g/mol. The van der Waals surface area contributed by atoms with Gasteiger partial charge in [-0.2, -0.15) is 5.10 Å². The maximum Gasteiger partial charge on any atom is 0.355 e. The molecule has 0 radical (unpaired) electrons. The Balaban J connectivity index is 0.652. The van der Waals surface area contributed by atoms with Crippen molar-refractivity contribution < 1.29 is 33.4 Å². The Kier molecular flexibility index (Phi) is 13.9. The first-order valence-electron chi connectivity index (χ1n) is 25.9. The fourth-order valence-electron chi connectivity index (χ4n) is 11.6. The number of aromatic carboxylic acids is 1. The number of carboxylic acid groups (broad SMARTS) is 1. The van der Waals surface area contributed by atoms with Gasteiger partial charge in [-0.15, -0.1) is 0 Å². The molecule has 0 bridgehead atoms. The number of carboxylic acids is 1. The van der Waals surface area contributed by atoms with Crippen molar-refractivity contribution in [1.82, 2.24) is 30.0 Å². The maximum absolute atomic E-state index is 15.7. The number of piperidine rings is 1. The molecule has 11 rings (SSSR count). The van der Waals surface area contributed by atoms with E-state index in [1.165, 1.54) is 23.8 Å². The minimum Gasteiger partial charge on any atom is -0.490 e. The van der Waals surface area contributed by atoms with E-state index >= 15 is 4.39 Å². The molecular weight excluding hydrogens is 958 g/mol. The molecule has 17 heteroatoms. The van der Waals surface area contributed by atoms with Gasteiger partial charge in [-0.05, 0) is 135 Å². The molecule has 4 aromatic carbocycles. The molecule has 3 amide bonds. The van der Waals surface area contributed by atoms with E-state index in [1.54, 1.807) is 11.7 Å². The molecule has 1 unspecified atom stereocenters. The third-order valence-electron chi connectivity index (χ3n) is 15.7. The Bertz CT molecular complexity index is 3270. The SMILES string of the molecule is Cc1c(O[C@H]2CC[C@H](CCCCN3CCN(c4cc5c(cc4F)c(C4CCC(=O)NC4=O)nn5C)CC3)CC2)cccc1-c1ccc(N2CCc3cccc(C(=O)Nc4nc5ccccc5s4)c3C2)nc1C(=O)O. The number of amides is 3. The molecular formula is C57H60FN9O6S.